The van der Waals surface area contributed by atoms with Crippen LogP contribution in [0.15, 0.2) is 0 Å². The zero-order chi connectivity index (χ0) is 11.4. The number of nitrogens with zero attached hydrogens (tertiary/aromatic N) is 2. The van der Waals surface area contributed by atoms with E-state index in [2.05, 4.69) is 11.0 Å². The zero-order valence-corrected chi connectivity index (χ0v) is 10.2. The number of ether oxygens (including phenoxy) is 1. The Hall–Kier alpha value is -0.590. The average molecular weight is 222 g/mol. The topological polar surface area (TPSA) is 36.3 Å². The minimum absolute atomic E-state index is 0.256. The fourth-order valence-corrected chi connectivity index (χ4v) is 2.88. The zero-order valence-electron chi connectivity index (χ0n) is 10.2. The van der Waals surface area contributed by atoms with E-state index in [1.54, 1.807) is 7.11 Å². The van der Waals surface area contributed by atoms with E-state index in [0.717, 1.165) is 25.6 Å². The standard InChI is InChI=1S/C13H22N2O/c1-16-9-8-15(12-6-7-12)13-5-3-2-4-11(13)10-14/h11-13H,2-9H2,1H3. The molecule has 0 aromatic heterocycles. The molecule has 0 aliphatic heterocycles. The van der Waals surface area contributed by atoms with Crippen molar-refractivity contribution in [1.82, 2.24) is 4.90 Å². The molecule has 0 bridgehead atoms. The fraction of sp³-hybridized carbons (Fsp3) is 0.923. The van der Waals surface area contributed by atoms with Crippen molar-refractivity contribution in [2.75, 3.05) is 20.3 Å². The molecule has 3 heteroatoms. The summed E-state index contributed by atoms with van der Waals surface area (Å²) in [6.07, 6.45) is 7.46. The SMILES string of the molecule is COCCN(C1CC1)C1CCCCC1C#N. The van der Waals surface area contributed by atoms with Gasteiger partial charge < -0.3 is 4.74 Å². The molecule has 2 unspecified atom stereocenters. The lowest BCUT2D eigenvalue weighted by Gasteiger charge is -2.37. The maximum atomic E-state index is 9.23. The molecule has 2 fully saturated rings. The van der Waals surface area contributed by atoms with Crippen molar-refractivity contribution in [3.8, 4) is 6.07 Å². The second-order valence-electron chi connectivity index (χ2n) is 5.05. The number of hydrogen-bond acceptors (Lipinski definition) is 3. The summed E-state index contributed by atoms with van der Waals surface area (Å²) in [7, 11) is 1.76. The van der Waals surface area contributed by atoms with Gasteiger partial charge in [0.25, 0.3) is 0 Å². The van der Waals surface area contributed by atoms with E-state index in [9.17, 15) is 5.26 Å². The van der Waals surface area contributed by atoms with Gasteiger partial charge in [-0.2, -0.15) is 5.26 Å². The minimum Gasteiger partial charge on any atom is -0.383 e. The van der Waals surface area contributed by atoms with Crippen molar-refractivity contribution in [1.29, 1.82) is 5.26 Å². The van der Waals surface area contributed by atoms with Gasteiger partial charge in [-0.05, 0) is 25.7 Å². The molecule has 2 aliphatic rings. The normalized spacial score (nSPS) is 30.3. The second kappa shape index (κ2) is 5.65. The minimum atomic E-state index is 0.256. The third kappa shape index (κ3) is 2.75. The van der Waals surface area contributed by atoms with Gasteiger partial charge in [-0.3, -0.25) is 4.90 Å². The third-order valence-corrected chi connectivity index (χ3v) is 3.89. The first kappa shape index (κ1) is 11.9. The van der Waals surface area contributed by atoms with Crippen LogP contribution in [0.25, 0.3) is 0 Å². The van der Waals surface area contributed by atoms with Crippen molar-refractivity contribution in [3.63, 3.8) is 0 Å². The van der Waals surface area contributed by atoms with Crippen LogP contribution >= 0.6 is 0 Å². The molecular formula is C13H22N2O. The van der Waals surface area contributed by atoms with E-state index in [4.69, 9.17) is 4.74 Å². The smallest absolute Gasteiger partial charge is 0.0672 e. The van der Waals surface area contributed by atoms with E-state index >= 15 is 0 Å². The van der Waals surface area contributed by atoms with Crippen LogP contribution in [-0.2, 0) is 4.74 Å². The predicted octanol–water partition coefficient (Wildman–Crippen LogP) is 2.18. The first-order valence-corrected chi connectivity index (χ1v) is 6.51. The highest BCUT2D eigenvalue weighted by Crippen LogP contribution is 2.35. The van der Waals surface area contributed by atoms with E-state index in [0.29, 0.717) is 6.04 Å². The van der Waals surface area contributed by atoms with Gasteiger partial charge in [0.1, 0.15) is 0 Å². The fourth-order valence-electron chi connectivity index (χ4n) is 2.88. The highest BCUT2D eigenvalue weighted by Gasteiger charge is 2.38. The monoisotopic (exact) mass is 222 g/mol. The quantitative estimate of drug-likeness (QED) is 0.715. The Morgan fingerprint density at radius 3 is 2.62 bits per heavy atom. The van der Waals surface area contributed by atoms with Crippen LogP contribution in [0.5, 0.6) is 0 Å². The molecule has 0 heterocycles. The molecule has 2 aliphatic carbocycles. The number of hydrogen-bond donors (Lipinski definition) is 0. The molecule has 0 saturated heterocycles. The Morgan fingerprint density at radius 1 is 1.25 bits per heavy atom. The second-order valence-corrected chi connectivity index (χ2v) is 5.05. The van der Waals surface area contributed by atoms with Crippen LogP contribution in [0.3, 0.4) is 0 Å². The van der Waals surface area contributed by atoms with Crippen molar-refractivity contribution >= 4 is 0 Å². The Bertz CT molecular complexity index is 257. The summed E-state index contributed by atoms with van der Waals surface area (Å²) in [5, 5.41) is 9.23. The largest absolute Gasteiger partial charge is 0.383 e. The van der Waals surface area contributed by atoms with Gasteiger partial charge >= 0.3 is 0 Å². The molecule has 0 radical (unpaired) electrons. The molecular weight excluding hydrogens is 200 g/mol. The lowest BCUT2D eigenvalue weighted by Crippen LogP contribution is -2.45. The van der Waals surface area contributed by atoms with E-state index in [1.807, 2.05) is 0 Å². The first-order chi connectivity index (χ1) is 7.86. The first-order valence-electron chi connectivity index (χ1n) is 6.51. The van der Waals surface area contributed by atoms with Gasteiger partial charge in [-0.15, -0.1) is 0 Å². The van der Waals surface area contributed by atoms with Crippen LogP contribution in [-0.4, -0.2) is 37.2 Å². The highest BCUT2D eigenvalue weighted by atomic mass is 16.5. The van der Waals surface area contributed by atoms with Crippen LogP contribution in [0.4, 0.5) is 0 Å². The van der Waals surface area contributed by atoms with E-state index < -0.39 is 0 Å². The number of methoxy groups -OCH3 is 1. The van der Waals surface area contributed by atoms with Crippen LogP contribution in [0, 0.1) is 17.2 Å². The molecule has 0 aromatic rings. The Labute approximate surface area is 98.4 Å². The maximum Gasteiger partial charge on any atom is 0.0672 e. The lowest BCUT2D eigenvalue weighted by molar-refractivity contribution is 0.0795. The van der Waals surface area contributed by atoms with Gasteiger partial charge in [0.05, 0.1) is 18.6 Å². The molecule has 16 heavy (non-hydrogen) atoms. The molecule has 3 nitrogen and oxygen atoms in total. The van der Waals surface area contributed by atoms with Crippen LogP contribution < -0.4 is 0 Å². The summed E-state index contributed by atoms with van der Waals surface area (Å²) in [6, 6.07) is 3.76. The average Bonchev–Trinajstić information content (AvgIpc) is 3.14. The van der Waals surface area contributed by atoms with E-state index in [-0.39, 0.29) is 5.92 Å². The van der Waals surface area contributed by atoms with Crippen LogP contribution in [0.1, 0.15) is 38.5 Å². The molecule has 90 valence electrons. The van der Waals surface area contributed by atoms with Gasteiger partial charge in [-0.1, -0.05) is 12.8 Å². The molecule has 0 aromatic carbocycles. The summed E-state index contributed by atoms with van der Waals surface area (Å²) in [4.78, 5) is 2.55. The van der Waals surface area contributed by atoms with Crippen LogP contribution in [0.2, 0.25) is 0 Å². The molecule has 0 N–H and O–H groups in total. The Kier molecular flexibility index (Phi) is 4.20. The van der Waals surface area contributed by atoms with Gasteiger partial charge in [0.15, 0.2) is 0 Å². The van der Waals surface area contributed by atoms with Crippen molar-refractivity contribution in [3.05, 3.63) is 0 Å². The molecule has 2 atom stereocenters. The number of rotatable bonds is 5. The Balaban J connectivity index is 1.96. The summed E-state index contributed by atoms with van der Waals surface area (Å²) < 4.78 is 5.19. The highest BCUT2D eigenvalue weighted by molar-refractivity contribution is 4.99. The predicted molar refractivity (Wildman–Crippen MR) is 63.0 cm³/mol. The van der Waals surface area contributed by atoms with Crippen molar-refractivity contribution in [2.24, 2.45) is 5.92 Å². The summed E-state index contributed by atoms with van der Waals surface area (Å²) in [5.41, 5.74) is 0. The third-order valence-electron chi connectivity index (χ3n) is 3.89. The molecule has 2 rings (SSSR count). The van der Waals surface area contributed by atoms with Crippen molar-refractivity contribution < 1.29 is 4.74 Å². The van der Waals surface area contributed by atoms with Gasteiger partial charge in [-0.25, -0.2) is 0 Å². The summed E-state index contributed by atoms with van der Waals surface area (Å²) in [5.74, 6) is 0.256. The summed E-state index contributed by atoms with van der Waals surface area (Å²) >= 11 is 0. The maximum absolute atomic E-state index is 9.23. The molecule has 0 spiro atoms. The van der Waals surface area contributed by atoms with E-state index in [1.165, 1.54) is 32.1 Å². The van der Waals surface area contributed by atoms with Gasteiger partial charge in [0.2, 0.25) is 0 Å². The Morgan fingerprint density at radius 2 is 2.00 bits per heavy atom. The van der Waals surface area contributed by atoms with Crippen molar-refractivity contribution in [2.45, 2.75) is 50.6 Å². The molecule has 2 saturated carbocycles. The summed E-state index contributed by atoms with van der Waals surface area (Å²) in [6.45, 7) is 1.80. The molecule has 0 amide bonds. The lowest BCUT2D eigenvalue weighted by atomic mass is 9.84. The van der Waals surface area contributed by atoms with Gasteiger partial charge in [0, 0.05) is 25.7 Å². The number of nitriles is 1.